The summed E-state index contributed by atoms with van der Waals surface area (Å²) in [6, 6.07) is 12.8. The van der Waals surface area contributed by atoms with E-state index in [-0.39, 0.29) is 23.8 Å². The topological polar surface area (TPSA) is 55.8 Å². The Kier molecular flexibility index (Phi) is 7.60. The molecule has 0 saturated heterocycles. The van der Waals surface area contributed by atoms with Gasteiger partial charge in [0.15, 0.2) is 7.37 Å². The van der Waals surface area contributed by atoms with E-state index in [4.69, 9.17) is 9.47 Å². The van der Waals surface area contributed by atoms with E-state index in [2.05, 4.69) is 0 Å². The first-order valence-corrected chi connectivity index (χ1v) is 12.9. The number of ether oxygens (including phenoxy) is 2. The largest absolute Gasteiger partial charge is 0.497 e. The fourth-order valence-electron chi connectivity index (χ4n) is 4.34. The van der Waals surface area contributed by atoms with Gasteiger partial charge in [-0.2, -0.15) is 0 Å². The van der Waals surface area contributed by atoms with Gasteiger partial charge >= 0.3 is 0 Å². The number of hydrogen-bond donors (Lipinski definition) is 1. The lowest BCUT2D eigenvalue weighted by Gasteiger charge is -2.29. The zero-order valence-electron chi connectivity index (χ0n) is 18.0. The lowest BCUT2D eigenvalue weighted by Crippen LogP contribution is -2.20. The van der Waals surface area contributed by atoms with Crippen molar-refractivity contribution in [2.45, 2.75) is 44.4 Å². The third-order valence-electron chi connectivity index (χ3n) is 6.02. The Labute approximate surface area is 178 Å². The average Bonchev–Trinajstić information content (AvgIpc) is 2.72. The highest BCUT2D eigenvalue weighted by Crippen LogP contribution is 2.41. The van der Waals surface area contributed by atoms with Crippen LogP contribution in [0.1, 0.15) is 55.6 Å². The van der Waals surface area contributed by atoms with Crippen molar-refractivity contribution < 1.29 is 23.3 Å². The molecule has 0 aromatic heterocycles. The second-order valence-corrected chi connectivity index (χ2v) is 11.1. The van der Waals surface area contributed by atoms with Crippen LogP contribution >= 0.6 is 7.37 Å². The number of hydrogen-bond acceptors (Lipinski definition) is 3. The Morgan fingerprint density at radius 2 is 1.87 bits per heavy atom. The summed E-state index contributed by atoms with van der Waals surface area (Å²) in [4.78, 5) is 9.64. The molecule has 6 heteroatoms. The number of benzene rings is 2. The second-order valence-electron chi connectivity index (χ2n) is 8.62. The van der Waals surface area contributed by atoms with Crippen LogP contribution in [0.5, 0.6) is 11.5 Å². The predicted molar refractivity (Wildman–Crippen MR) is 119 cm³/mol. The van der Waals surface area contributed by atoms with Crippen molar-refractivity contribution in [2.75, 3.05) is 26.5 Å². The third-order valence-corrected chi connectivity index (χ3v) is 7.24. The first-order chi connectivity index (χ1) is 14.2. The smallest absolute Gasteiger partial charge is 0.198 e. The van der Waals surface area contributed by atoms with Gasteiger partial charge < -0.3 is 14.4 Å². The molecule has 1 aliphatic carbocycles. The van der Waals surface area contributed by atoms with Gasteiger partial charge in [-0.3, -0.25) is 4.57 Å². The minimum absolute atomic E-state index is 0.00239. The molecule has 0 spiro atoms. The number of rotatable bonds is 8. The SMILES string of the molecule is COc1ccc(F)c(C2CCC(COc3cccc(C(C)CP(C)(=O)O)c3)CC2)c1. The molecule has 0 aliphatic heterocycles. The van der Waals surface area contributed by atoms with Crippen molar-refractivity contribution in [1.29, 1.82) is 0 Å². The van der Waals surface area contributed by atoms with E-state index in [0.717, 1.165) is 42.6 Å². The summed E-state index contributed by atoms with van der Waals surface area (Å²) in [7, 11) is -1.45. The van der Waals surface area contributed by atoms with Crippen LogP contribution in [0.3, 0.4) is 0 Å². The van der Waals surface area contributed by atoms with Crippen LogP contribution in [0.15, 0.2) is 42.5 Å². The normalized spacial score (nSPS) is 22.2. The van der Waals surface area contributed by atoms with E-state index in [9.17, 15) is 13.8 Å². The Balaban J connectivity index is 1.53. The highest BCUT2D eigenvalue weighted by molar-refractivity contribution is 7.57. The first-order valence-electron chi connectivity index (χ1n) is 10.6. The van der Waals surface area contributed by atoms with Crippen LogP contribution in [0.25, 0.3) is 0 Å². The molecule has 2 unspecified atom stereocenters. The molecule has 0 amide bonds. The Hall–Kier alpha value is -1.84. The maximum Gasteiger partial charge on any atom is 0.198 e. The molecule has 4 nitrogen and oxygen atoms in total. The zero-order valence-corrected chi connectivity index (χ0v) is 18.9. The monoisotopic (exact) mass is 434 g/mol. The molecule has 0 bridgehead atoms. The molecule has 1 saturated carbocycles. The number of halogens is 1. The molecule has 164 valence electrons. The summed E-state index contributed by atoms with van der Waals surface area (Å²) in [6.45, 7) is 4.00. The van der Waals surface area contributed by atoms with Gasteiger partial charge in [-0.1, -0.05) is 19.1 Å². The second kappa shape index (κ2) is 9.98. The molecular formula is C24H32FO4P. The molecule has 0 heterocycles. The van der Waals surface area contributed by atoms with E-state index < -0.39 is 7.37 Å². The summed E-state index contributed by atoms with van der Waals surface area (Å²) in [5.74, 6) is 2.02. The fourth-order valence-corrected chi connectivity index (χ4v) is 5.57. The zero-order chi connectivity index (χ0) is 21.7. The van der Waals surface area contributed by atoms with Crippen molar-refractivity contribution in [3.8, 4) is 11.5 Å². The summed E-state index contributed by atoms with van der Waals surface area (Å²) in [5.41, 5.74) is 1.77. The summed E-state index contributed by atoms with van der Waals surface area (Å²) >= 11 is 0. The summed E-state index contributed by atoms with van der Waals surface area (Å²) < 4.78 is 37.2. The van der Waals surface area contributed by atoms with Crippen LogP contribution in [0.2, 0.25) is 0 Å². The predicted octanol–water partition coefficient (Wildman–Crippen LogP) is 6.19. The highest BCUT2D eigenvalue weighted by Gasteiger charge is 2.25. The Morgan fingerprint density at radius 1 is 1.13 bits per heavy atom. The summed E-state index contributed by atoms with van der Waals surface area (Å²) in [6.07, 6.45) is 4.15. The molecule has 30 heavy (non-hydrogen) atoms. The van der Waals surface area contributed by atoms with Gasteiger partial charge in [0.1, 0.15) is 17.3 Å². The van der Waals surface area contributed by atoms with Gasteiger partial charge in [-0.25, -0.2) is 4.39 Å². The van der Waals surface area contributed by atoms with Crippen LogP contribution < -0.4 is 9.47 Å². The molecule has 2 aromatic carbocycles. The van der Waals surface area contributed by atoms with Gasteiger partial charge in [0, 0.05) is 12.8 Å². The minimum atomic E-state index is -3.06. The van der Waals surface area contributed by atoms with Crippen molar-refractivity contribution in [3.63, 3.8) is 0 Å². The van der Waals surface area contributed by atoms with Gasteiger partial charge in [0.25, 0.3) is 0 Å². The van der Waals surface area contributed by atoms with Gasteiger partial charge in [0.05, 0.1) is 13.7 Å². The van der Waals surface area contributed by atoms with Crippen molar-refractivity contribution in [2.24, 2.45) is 5.92 Å². The molecule has 3 rings (SSSR count). The average molecular weight is 434 g/mol. The van der Waals surface area contributed by atoms with Gasteiger partial charge in [0.2, 0.25) is 0 Å². The van der Waals surface area contributed by atoms with E-state index in [1.807, 2.05) is 37.3 Å². The van der Waals surface area contributed by atoms with Crippen molar-refractivity contribution >= 4 is 7.37 Å². The van der Waals surface area contributed by atoms with Crippen molar-refractivity contribution in [3.05, 3.63) is 59.4 Å². The lowest BCUT2D eigenvalue weighted by molar-refractivity contribution is 0.199. The van der Waals surface area contributed by atoms with Crippen molar-refractivity contribution in [1.82, 2.24) is 0 Å². The van der Waals surface area contributed by atoms with Gasteiger partial charge in [-0.05, 0) is 84.9 Å². The van der Waals surface area contributed by atoms with E-state index in [1.165, 1.54) is 12.7 Å². The Bertz CT molecular complexity index is 887. The lowest BCUT2D eigenvalue weighted by atomic mass is 9.79. The summed E-state index contributed by atoms with van der Waals surface area (Å²) in [5, 5.41) is 0. The molecule has 0 radical (unpaired) electrons. The van der Waals surface area contributed by atoms with Gasteiger partial charge in [-0.15, -0.1) is 0 Å². The molecule has 1 aliphatic rings. The van der Waals surface area contributed by atoms with E-state index in [1.54, 1.807) is 13.2 Å². The quantitative estimate of drug-likeness (QED) is 0.503. The maximum atomic E-state index is 14.2. The van der Waals surface area contributed by atoms with E-state index >= 15 is 0 Å². The first kappa shape index (κ1) is 22.8. The number of methoxy groups -OCH3 is 1. The standard InChI is InChI=1S/C24H32FO4P/c1-17(16-30(3,26)27)20-5-4-6-22(13-20)29-15-18-7-9-19(10-8-18)23-14-21(28-2)11-12-24(23)25/h4-6,11-14,17-19H,7-10,15-16H2,1-3H3,(H,26,27). The van der Waals surface area contributed by atoms with Crippen LogP contribution in [-0.2, 0) is 4.57 Å². The molecule has 2 atom stereocenters. The molecular weight excluding hydrogens is 402 g/mol. The van der Waals surface area contributed by atoms with Crippen LogP contribution in [-0.4, -0.2) is 31.4 Å². The maximum absolute atomic E-state index is 14.2. The van der Waals surface area contributed by atoms with Crippen LogP contribution in [0, 0.1) is 11.7 Å². The molecule has 1 fully saturated rings. The van der Waals surface area contributed by atoms with E-state index in [0.29, 0.717) is 18.3 Å². The third kappa shape index (κ3) is 6.33. The highest BCUT2D eigenvalue weighted by atomic mass is 31.2. The minimum Gasteiger partial charge on any atom is -0.497 e. The molecule has 2 aromatic rings. The molecule has 1 N–H and O–H groups in total. The Morgan fingerprint density at radius 3 is 2.53 bits per heavy atom. The fraction of sp³-hybridized carbons (Fsp3) is 0.500. The van der Waals surface area contributed by atoms with Crippen LogP contribution in [0.4, 0.5) is 4.39 Å².